The number of carbonyl (C=O) groups is 1. The molecular formula is C28H31N5O7S. The number of aryl methyl sites for hydroxylation is 1. The normalized spacial score (nSPS) is 12.2. The first-order valence-corrected chi connectivity index (χ1v) is 14.4. The fraction of sp³-hybridized carbons (Fsp3) is 0.286. The summed E-state index contributed by atoms with van der Waals surface area (Å²) in [5.74, 6) is -0.0297. The van der Waals surface area contributed by atoms with Gasteiger partial charge < -0.3 is 14.5 Å². The molecule has 2 heterocycles. The number of sulfonamides is 1. The Bertz CT molecular complexity index is 1690. The Balaban J connectivity index is 1.85. The lowest BCUT2D eigenvalue weighted by Gasteiger charge is -2.17. The molecule has 12 nitrogen and oxygen atoms in total. The molecule has 0 radical (unpaired) electrons. The summed E-state index contributed by atoms with van der Waals surface area (Å²) in [5.41, 5.74) is 2.40. The molecule has 0 aliphatic carbocycles. The maximum Gasteiger partial charge on any atom is 0.272 e. The molecule has 0 bridgehead atoms. The van der Waals surface area contributed by atoms with Gasteiger partial charge in [0.25, 0.3) is 11.6 Å². The average molecular weight is 582 g/mol. The maximum absolute atomic E-state index is 13.3. The number of nitro groups is 1. The predicted octanol–water partition coefficient (Wildman–Crippen LogP) is 5.10. The highest BCUT2D eigenvalue weighted by atomic mass is 32.2. The minimum absolute atomic E-state index is 0.0523. The molecular weight excluding hydrogens is 550 g/mol. The van der Waals surface area contributed by atoms with Gasteiger partial charge in [-0.1, -0.05) is 19.1 Å². The van der Waals surface area contributed by atoms with Gasteiger partial charge in [0.05, 0.1) is 23.4 Å². The minimum Gasteiger partial charge on any atom is -0.467 e. The molecule has 1 atom stereocenters. The van der Waals surface area contributed by atoms with Crippen LogP contribution in [0.3, 0.4) is 0 Å². The van der Waals surface area contributed by atoms with Crippen LogP contribution in [0.2, 0.25) is 0 Å². The van der Waals surface area contributed by atoms with Crippen LogP contribution < -0.4 is 14.8 Å². The lowest BCUT2D eigenvalue weighted by Crippen LogP contribution is -2.32. The smallest absolute Gasteiger partial charge is 0.272 e. The van der Waals surface area contributed by atoms with Crippen LogP contribution in [0.5, 0.6) is 11.6 Å². The number of hydrogen-bond acceptors (Lipinski definition) is 8. The molecule has 2 aromatic heterocycles. The zero-order chi connectivity index (χ0) is 29.9. The van der Waals surface area contributed by atoms with Gasteiger partial charge in [-0.2, -0.15) is 9.78 Å². The number of hydrogen-bond donors (Lipinski definition) is 2. The Morgan fingerprint density at radius 3 is 2.56 bits per heavy atom. The summed E-state index contributed by atoms with van der Waals surface area (Å²) in [6, 6.07) is 11.9. The van der Waals surface area contributed by atoms with Crippen molar-refractivity contribution in [3.05, 3.63) is 93.1 Å². The van der Waals surface area contributed by atoms with Crippen LogP contribution in [0.25, 0.3) is 5.69 Å². The third kappa shape index (κ3) is 6.31. The Morgan fingerprint density at radius 2 is 1.90 bits per heavy atom. The van der Waals surface area contributed by atoms with Crippen LogP contribution in [0.15, 0.2) is 64.1 Å². The molecule has 1 amide bonds. The first-order valence-electron chi connectivity index (χ1n) is 12.9. The number of amides is 1. The first kappa shape index (κ1) is 29.5. The van der Waals surface area contributed by atoms with E-state index in [9.17, 15) is 23.3 Å². The van der Waals surface area contributed by atoms with Crippen molar-refractivity contribution < 1.29 is 27.3 Å². The molecule has 4 rings (SSSR count). The predicted molar refractivity (Wildman–Crippen MR) is 151 cm³/mol. The molecule has 216 valence electrons. The Hall–Kier alpha value is -4.49. The van der Waals surface area contributed by atoms with E-state index < -0.39 is 37.5 Å². The van der Waals surface area contributed by atoms with Crippen LogP contribution in [0, 0.1) is 30.9 Å². The molecule has 0 fully saturated rings. The Morgan fingerprint density at radius 1 is 1.15 bits per heavy atom. The number of ether oxygens (including phenoxy) is 1. The summed E-state index contributed by atoms with van der Waals surface area (Å²) in [4.78, 5) is 23.6. The van der Waals surface area contributed by atoms with Gasteiger partial charge in [0.1, 0.15) is 16.4 Å². The van der Waals surface area contributed by atoms with Gasteiger partial charge in [-0.3, -0.25) is 14.9 Å². The molecule has 13 heteroatoms. The number of non-ortho nitro benzene ring substituents is 1. The van der Waals surface area contributed by atoms with E-state index in [1.54, 1.807) is 32.0 Å². The van der Waals surface area contributed by atoms with Crippen molar-refractivity contribution in [2.45, 2.75) is 58.5 Å². The highest BCUT2D eigenvalue weighted by Crippen LogP contribution is 2.36. The largest absolute Gasteiger partial charge is 0.467 e. The molecule has 41 heavy (non-hydrogen) atoms. The lowest BCUT2D eigenvalue weighted by molar-refractivity contribution is -0.385. The Kier molecular flexibility index (Phi) is 8.59. The molecule has 0 saturated heterocycles. The second-order valence-corrected chi connectivity index (χ2v) is 11.3. The van der Waals surface area contributed by atoms with Crippen LogP contribution in [-0.4, -0.2) is 35.1 Å². The molecule has 0 saturated carbocycles. The van der Waals surface area contributed by atoms with Crippen molar-refractivity contribution in [3.63, 3.8) is 0 Å². The van der Waals surface area contributed by atoms with E-state index in [0.717, 1.165) is 23.3 Å². The van der Waals surface area contributed by atoms with Gasteiger partial charge in [0.15, 0.2) is 5.69 Å². The third-order valence-corrected chi connectivity index (χ3v) is 8.30. The lowest BCUT2D eigenvalue weighted by atomic mass is 10.1. The van der Waals surface area contributed by atoms with Crippen LogP contribution in [-0.2, 0) is 16.6 Å². The summed E-state index contributed by atoms with van der Waals surface area (Å²) >= 11 is 0. The number of nitro benzene ring substituents is 1. The van der Waals surface area contributed by atoms with Gasteiger partial charge in [0.2, 0.25) is 15.9 Å². The van der Waals surface area contributed by atoms with Crippen molar-refractivity contribution in [1.29, 1.82) is 0 Å². The fourth-order valence-corrected chi connectivity index (χ4v) is 5.50. The topological polar surface area (TPSA) is 159 Å². The average Bonchev–Trinajstić information content (AvgIpc) is 3.57. The number of aromatic nitrogens is 2. The molecule has 2 N–H and O–H groups in total. The third-order valence-electron chi connectivity index (χ3n) is 6.69. The van der Waals surface area contributed by atoms with E-state index in [2.05, 4.69) is 15.1 Å². The Labute approximate surface area is 237 Å². The van der Waals surface area contributed by atoms with Crippen molar-refractivity contribution >= 4 is 21.6 Å². The van der Waals surface area contributed by atoms with Gasteiger partial charge in [-0.15, -0.1) is 0 Å². The maximum atomic E-state index is 13.3. The fourth-order valence-electron chi connectivity index (χ4n) is 4.03. The molecule has 0 aliphatic rings. The van der Waals surface area contributed by atoms with Gasteiger partial charge in [-0.05, 0) is 69.5 Å². The summed E-state index contributed by atoms with van der Waals surface area (Å²) in [7, 11) is -4.23. The zero-order valence-electron chi connectivity index (χ0n) is 23.3. The SMILES string of the molecule is CC[C@H](C)NS(=O)(=O)c1cc([N+](=O)[O-])ccc1Oc1c(C)c(C(=O)NCc2ccco2)nn1-c1cccc(C)c1C. The second-order valence-electron chi connectivity index (χ2n) is 9.59. The van der Waals surface area contributed by atoms with Gasteiger partial charge in [-0.25, -0.2) is 13.1 Å². The van der Waals surface area contributed by atoms with E-state index in [-0.39, 0.29) is 23.9 Å². The molecule has 0 aliphatic heterocycles. The van der Waals surface area contributed by atoms with Crippen molar-refractivity contribution in [2.75, 3.05) is 0 Å². The molecule has 2 aromatic carbocycles. The first-order chi connectivity index (χ1) is 19.4. The van der Waals surface area contributed by atoms with E-state index in [0.29, 0.717) is 23.4 Å². The van der Waals surface area contributed by atoms with Crippen LogP contribution in [0.1, 0.15) is 53.2 Å². The highest BCUT2D eigenvalue weighted by Gasteiger charge is 2.29. The van der Waals surface area contributed by atoms with E-state index >= 15 is 0 Å². The summed E-state index contributed by atoms with van der Waals surface area (Å²) in [6.07, 6.45) is 2.00. The van der Waals surface area contributed by atoms with Crippen molar-refractivity contribution in [2.24, 2.45) is 0 Å². The molecule has 0 unspecified atom stereocenters. The number of carbonyl (C=O) groups excluding carboxylic acids is 1. The number of nitrogens with zero attached hydrogens (tertiary/aromatic N) is 3. The minimum atomic E-state index is -4.23. The van der Waals surface area contributed by atoms with E-state index in [1.807, 2.05) is 32.9 Å². The van der Waals surface area contributed by atoms with Crippen molar-refractivity contribution in [1.82, 2.24) is 19.8 Å². The summed E-state index contributed by atoms with van der Waals surface area (Å²) in [5, 5.41) is 18.8. The van der Waals surface area contributed by atoms with E-state index in [1.165, 1.54) is 17.0 Å². The quantitative estimate of drug-likeness (QED) is 0.183. The standard InChI is InChI=1S/C28H31N5O7S/c1-6-18(3)31-41(37,38)25-15-21(33(35)36)12-13-24(25)40-28-20(5)26(27(34)29-16-22-10-8-14-39-22)30-32(28)23-11-7-9-17(2)19(23)4/h7-15,18,31H,6,16H2,1-5H3,(H,29,34)/t18-/m0/s1. The van der Waals surface area contributed by atoms with Crippen molar-refractivity contribution in [3.8, 4) is 17.3 Å². The van der Waals surface area contributed by atoms with Crippen LogP contribution >= 0.6 is 0 Å². The highest BCUT2D eigenvalue weighted by molar-refractivity contribution is 7.89. The number of nitrogens with one attached hydrogen (secondary N) is 2. The van der Waals surface area contributed by atoms with Gasteiger partial charge >= 0.3 is 0 Å². The van der Waals surface area contributed by atoms with Crippen LogP contribution in [0.4, 0.5) is 5.69 Å². The summed E-state index contributed by atoms with van der Waals surface area (Å²) in [6.45, 7) is 9.06. The zero-order valence-corrected chi connectivity index (χ0v) is 24.1. The number of benzene rings is 2. The summed E-state index contributed by atoms with van der Waals surface area (Å²) < 4.78 is 42.1. The monoisotopic (exact) mass is 581 g/mol. The molecule has 0 spiro atoms. The number of furan rings is 1. The van der Waals surface area contributed by atoms with Gasteiger partial charge in [0, 0.05) is 23.7 Å². The van der Waals surface area contributed by atoms with E-state index in [4.69, 9.17) is 9.15 Å². The number of rotatable bonds is 11. The molecule has 4 aromatic rings. The second kappa shape index (κ2) is 11.9.